The van der Waals surface area contributed by atoms with Gasteiger partial charge in [-0.3, -0.25) is 9.59 Å². The Bertz CT molecular complexity index is 837. The van der Waals surface area contributed by atoms with E-state index in [0.29, 0.717) is 15.7 Å². The van der Waals surface area contributed by atoms with Crippen LogP contribution in [0.25, 0.3) is 0 Å². The number of nitrogens with one attached hydrogen (secondary N) is 1. The van der Waals surface area contributed by atoms with Gasteiger partial charge in [0.05, 0.1) is 28.8 Å². The first-order valence-electron chi connectivity index (χ1n) is 8.76. The zero-order valence-electron chi connectivity index (χ0n) is 15.0. The van der Waals surface area contributed by atoms with Gasteiger partial charge in [-0.1, -0.05) is 47.5 Å². The van der Waals surface area contributed by atoms with E-state index in [1.807, 2.05) is 18.2 Å². The van der Waals surface area contributed by atoms with Gasteiger partial charge in [0.15, 0.2) is 0 Å². The van der Waals surface area contributed by atoms with Crippen LogP contribution in [0.4, 0.5) is 11.4 Å². The lowest BCUT2D eigenvalue weighted by Gasteiger charge is -2.32. The number of fused-ring (bicyclic) bond motifs is 1. The second-order valence-corrected chi connectivity index (χ2v) is 7.36. The lowest BCUT2D eigenvalue weighted by molar-refractivity contribution is -0.132. The average molecular weight is 406 g/mol. The molecule has 0 bridgehead atoms. The number of hydrogen-bond acceptors (Lipinski definition) is 3. The molecule has 2 aromatic rings. The first-order valence-corrected chi connectivity index (χ1v) is 9.52. The number of para-hydroxylation sites is 2. The second kappa shape index (κ2) is 8.63. The molecule has 5 nitrogen and oxygen atoms in total. The van der Waals surface area contributed by atoms with Crippen molar-refractivity contribution >= 4 is 46.4 Å². The smallest absolute Gasteiger partial charge is 0.244 e. The van der Waals surface area contributed by atoms with E-state index in [4.69, 9.17) is 23.2 Å². The molecular formula is C20H21Cl2N3O2. The maximum absolute atomic E-state index is 12.6. The molecule has 27 heavy (non-hydrogen) atoms. The van der Waals surface area contributed by atoms with Crippen molar-refractivity contribution in [3.05, 3.63) is 58.1 Å². The molecule has 0 aliphatic carbocycles. The van der Waals surface area contributed by atoms with E-state index in [1.54, 1.807) is 25.2 Å². The normalized spacial score (nSPS) is 13.1. The Hall–Kier alpha value is -2.24. The Morgan fingerprint density at radius 2 is 1.81 bits per heavy atom. The van der Waals surface area contributed by atoms with Crippen LogP contribution in [-0.4, -0.2) is 43.4 Å². The molecule has 0 spiro atoms. The molecule has 0 fully saturated rings. The number of likely N-dealkylation sites (N-methyl/N-ethyl adjacent to an activating group) is 1. The van der Waals surface area contributed by atoms with E-state index in [2.05, 4.69) is 16.3 Å². The van der Waals surface area contributed by atoms with Crippen LogP contribution in [0.2, 0.25) is 10.0 Å². The highest BCUT2D eigenvalue weighted by atomic mass is 35.5. The molecule has 1 heterocycles. The molecule has 2 aromatic carbocycles. The quantitative estimate of drug-likeness (QED) is 0.821. The van der Waals surface area contributed by atoms with Crippen LogP contribution in [-0.2, 0) is 16.0 Å². The number of aryl methyl sites for hydroxylation is 1. The van der Waals surface area contributed by atoms with Gasteiger partial charge >= 0.3 is 0 Å². The molecular weight excluding hydrogens is 385 g/mol. The summed E-state index contributed by atoms with van der Waals surface area (Å²) in [4.78, 5) is 28.4. The number of hydrogen-bond donors (Lipinski definition) is 1. The highest BCUT2D eigenvalue weighted by Gasteiger charge is 2.21. The van der Waals surface area contributed by atoms with E-state index in [-0.39, 0.29) is 24.9 Å². The van der Waals surface area contributed by atoms with Crippen LogP contribution >= 0.6 is 23.2 Å². The summed E-state index contributed by atoms with van der Waals surface area (Å²) < 4.78 is 0. The molecule has 1 aliphatic heterocycles. The van der Waals surface area contributed by atoms with Crippen molar-refractivity contribution in [3.8, 4) is 0 Å². The lowest BCUT2D eigenvalue weighted by atomic mass is 10.0. The predicted octanol–water partition coefficient (Wildman–Crippen LogP) is 3.84. The third-order valence-corrected chi connectivity index (χ3v) is 5.20. The van der Waals surface area contributed by atoms with Gasteiger partial charge in [-0.2, -0.15) is 0 Å². The number of anilines is 2. The van der Waals surface area contributed by atoms with Gasteiger partial charge in [-0.05, 0) is 36.6 Å². The second-order valence-electron chi connectivity index (χ2n) is 6.55. The SMILES string of the molecule is CN(CC(=O)Nc1c(Cl)cccc1Cl)C(=O)CN1CCCc2ccccc21. The molecule has 142 valence electrons. The maximum atomic E-state index is 12.6. The summed E-state index contributed by atoms with van der Waals surface area (Å²) in [6.07, 6.45) is 2.04. The Morgan fingerprint density at radius 3 is 2.56 bits per heavy atom. The van der Waals surface area contributed by atoms with Crippen molar-refractivity contribution in [1.29, 1.82) is 0 Å². The zero-order chi connectivity index (χ0) is 19.4. The van der Waals surface area contributed by atoms with Gasteiger partial charge in [-0.25, -0.2) is 0 Å². The summed E-state index contributed by atoms with van der Waals surface area (Å²) in [6, 6.07) is 13.1. The van der Waals surface area contributed by atoms with Crippen molar-refractivity contribution in [2.75, 3.05) is 36.9 Å². The van der Waals surface area contributed by atoms with Crippen LogP contribution in [0, 0.1) is 0 Å². The number of amides is 2. The van der Waals surface area contributed by atoms with Gasteiger partial charge in [0, 0.05) is 19.3 Å². The van der Waals surface area contributed by atoms with E-state index in [9.17, 15) is 9.59 Å². The Kier molecular flexibility index (Phi) is 6.24. The van der Waals surface area contributed by atoms with Crippen molar-refractivity contribution in [3.63, 3.8) is 0 Å². The van der Waals surface area contributed by atoms with Crippen LogP contribution < -0.4 is 10.2 Å². The van der Waals surface area contributed by atoms with Gasteiger partial charge < -0.3 is 15.1 Å². The van der Waals surface area contributed by atoms with Crippen molar-refractivity contribution in [1.82, 2.24) is 4.90 Å². The fourth-order valence-electron chi connectivity index (χ4n) is 3.16. The summed E-state index contributed by atoms with van der Waals surface area (Å²) in [5.41, 5.74) is 2.71. The standard InChI is InChI=1S/C20H21Cl2N3O2/c1-24(12-18(26)23-20-15(21)8-4-9-16(20)22)19(27)13-25-11-5-7-14-6-2-3-10-17(14)25/h2-4,6,8-10H,5,7,11-13H2,1H3,(H,23,26). The number of benzene rings is 2. The molecule has 2 amide bonds. The van der Waals surface area contributed by atoms with E-state index in [0.717, 1.165) is 25.1 Å². The van der Waals surface area contributed by atoms with Gasteiger partial charge in [0.2, 0.25) is 11.8 Å². The van der Waals surface area contributed by atoms with Gasteiger partial charge in [0.25, 0.3) is 0 Å². The molecule has 0 saturated heterocycles. The lowest BCUT2D eigenvalue weighted by Crippen LogP contribution is -2.43. The highest BCUT2D eigenvalue weighted by molar-refractivity contribution is 6.39. The van der Waals surface area contributed by atoms with Crippen LogP contribution in [0.15, 0.2) is 42.5 Å². The number of carbonyl (C=O) groups is 2. The maximum Gasteiger partial charge on any atom is 0.244 e. The molecule has 1 aliphatic rings. The molecule has 3 rings (SSSR count). The molecule has 0 atom stereocenters. The van der Waals surface area contributed by atoms with Crippen LogP contribution in [0.1, 0.15) is 12.0 Å². The monoisotopic (exact) mass is 405 g/mol. The minimum absolute atomic E-state index is 0.0735. The first kappa shape index (κ1) is 19.5. The minimum atomic E-state index is -0.347. The van der Waals surface area contributed by atoms with Crippen molar-refractivity contribution in [2.24, 2.45) is 0 Å². The summed E-state index contributed by atoms with van der Waals surface area (Å²) >= 11 is 12.1. The van der Waals surface area contributed by atoms with E-state index < -0.39 is 0 Å². The number of halogens is 2. The number of rotatable bonds is 5. The minimum Gasteiger partial charge on any atom is -0.362 e. The van der Waals surface area contributed by atoms with Gasteiger partial charge in [-0.15, -0.1) is 0 Å². The third kappa shape index (κ3) is 4.73. The predicted molar refractivity (Wildman–Crippen MR) is 110 cm³/mol. The van der Waals surface area contributed by atoms with E-state index >= 15 is 0 Å². The third-order valence-electron chi connectivity index (χ3n) is 4.57. The summed E-state index contributed by atoms with van der Waals surface area (Å²) in [5.74, 6) is -0.466. The van der Waals surface area contributed by atoms with Crippen LogP contribution in [0.5, 0.6) is 0 Å². The fraction of sp³-hybridized carbons (Fsp3) is 0.300. The molecule has 0 aromatic heterocycles. The topological polar surface area (TPSA) is 52.7 Å². The highest BCUT2D eigenvalue weighted by Crippen LogP contribution is 2.30. The Balaban J connectivity index is 1.59. The average Bonchev–Trinajstić information content (AvgIpc) is 2.65. The fourth-order valence-corrected chi connectivity index (χ4v) is 3.65. The van der Waals surface area contributed by atoms with Gasteiger partial charge in [0.1, 0.15) is 0 Å². The summed E-state index contributed by atoms with van der Waals surface area (Å²) in [7, 11) is 1.62. The summed E-state index contributed by atoms with van der Waals surface area (Å²) in [6.45, 7) is 1.00. The van der Waals surface area contributed by atoms with Crippen molar-refractivity contribution in [2.45, 2.75) is 12.8 Å². The molecule has 0 radical (unpaired) electrons. The zero-order valence-corrected chi connectivity index (χ0v) is 16.6. The molecule has 0 saturated carbocycles. The van der Waals surface area contributed by atoms with Crippen LogP contribution in [0.3, 0.4) is 0 Å². The summed E-state index contributed by atoms with van der Waals surface area (Å²) in [5, 5.41) is 3.39. The van der Waals surface area contributed by atoms with Crippen molar-refractivity contribution < 1.29 is 9.59 Å². The number of nitrogens with zero attached hydrogens (tertiary/aromatic N) is 2. The van der Waals surface area contributed by atoms with E-state index in [1.165, 1.54) is 10.5 Å². The molecule has 1 N–H and O–H groups in total. The largest absolute Gasteiger partial charge is 0.362 e. The Labute approximate surface area is 168 Å². The molecule has 7 heteroatoms. The first-order chi connectivity index (χ1) is 13.0. The molecule has 0 unspecified atom stereocenters. The number of carbonyl (C=O) groups excluding carboxylic acids is 2. The Morgan fingerprint density at radius 1 is 1.11 bits per heavy atom.